The fraction of sp³-hybridized carbons (Fsp3) is 0.0714. The molecule has 3 nitrogen and oxygen atoms in total. The van der Waals surface area contributed by atoms with Gasteiger partial charge in [-0.15, -0.1) is 0 Å². The lowest BCUT2D eigenvalue weighted by Crippen LogP contribution is -2.11. The summed E-state index contributed by atoms with van der Waals surface area (Å²) in [6, 6.07) is 7.97. The van der Waals surface area contributed by atoms with E-state index in [0.717, 1.165) is 12.1 Å². The summed E-state index contributed by atoms with van der Waals surface area (Å²) in [5, 5.41) is 7.32. The van der Waals surface area contributed by atoms with E-state index in [-0.39, 0.29) is 11.6 Å². The molecular formula is C14H12F2N2O. The summed E-state index contributed by atoms with van der Waals surface area (Å²) in [6.07, 6.45) is 0. The highest BCUT2D eigenvalue weighted by atomic mass is 19.1. The van der Waals surface area contributed by atoms with Gasteiger partial charge >= 0.3 is 0 Å². The molecule has 0 atom stereocenters. The van der Waals surface area contributed by atoms with Crippen LogP contribution >= 0.6 is 0 Å². The lowest BCUT2D eigenvalue weighted by Gasteiger charge is -2.10. The van der Waals surface area contributed by atoms with Gasteiger partial charge in [0.05, 0.1) is 0 Å². The lowest BCUT2D eigenvalue weighted by molar-refractivity contribution is 0.435. The van der Waals surface area contributed by atoms with Gasteiger partial charge in [-0.25, -0.2) is 8.78 Å². The molecule has 0 saturated heterocycles. The van der Waals surface area contributed by atoms with Crippen molar-refractivity contribution in [2.75, 3.05) is 0 Å². The van der Waals surface area contributed by atoms with Gasteiger partial charge in [0.1, 0.15) is 17.4 Å². The van der Waals surface area contributed by atoms with Crippen molar-refractivity contribution in [3.63, 3.8) is 0 Å². The first-order valence-corrected chi connectivity index (χ1v) is 5.55. The minimum Gasteiger partial charge on any atom is -0.454 e. The van der Waals surface area contributed by atoms with E-state index < -0.39 is 11.6 Å². The fourth-order valence-corrected chi connectivity index (χ4v) is 1.61. The molecule has 19 heavy (non-hydrogen) atoms. The van der Waals surface area contributed by atoms with Crippen molar-refractivity contribution in [2.24, 2.45) is 5.73 Å². The van der Waals surface area contributed by atoms with Gasteiger partial charge in [-0.2, -0.15) is 0 Å². The summed E-state index contributed by atoms with van der Waals surface area (Å²) in [4.78, 5) is 0. The van der Waals surface area contributed by atoms with Crippen LogP contribution in [0.15, 0.2) is 36.4 Å². The molecule has 2 aromatic rings. The van der Waals surface area contributed by atoms with Gasteiger partial charge in [0.2, 0.25) is 0 Å². The molecule has 98 valence electrons. The molecule has 0 unspecified atom stereocenters. The maximum absolute atomic E-state index is 13.5. The Kier molecular flexibility index (Phi) is 3.46. The zero-order chi connectivity index (χ0) is 14.0. The third-order valence-electron chi connectivity index (χ3n) is 2.60. The van der Waals surface area contributed by atoms with Crippen molar-refractivity contribution in [1.29, 1.82) is 5.41 Å². The molecule has 0 aliphatic carbocycles. The molecule has 0 radical (unpaired) electrons. The van der Waals surface area contributed by atoms with Crippen LogP contribution in [0.1, 0.15) is 11.1 Å². The molecule has 2 aromatic carbocycles. The van der Waals surface area contributed by atoms with Gasteiger partial charge in [-0.05, 0) is 42.8 Å². The van der Waals surface area contributed by atoms with E-state index >= 15 is 0 Å². The summed E-state index contributed by atoms with van der Waals surface area (Å²) in [7, 11) is 0. The first kappa shape index (κ1) is 13.0. The van der Waals surface area contributed by atoms with E-state index in [9.17, 15) is 8.78 Å². The number of halogens is 2. The van der Waals surface area contributed by atoms with Gasteiger partial charge in [-0.1, -0.05) is 0 Å². The van der Waals surface area contributed by atoms with E-state index in [4.69, 9.17) is 15.9 Å². The highest BCUT2D eigenvalue weighted by Gasteiger charge is 2.09. The molecule has 0 aliphatic rings. The minimum atomic E-state index is -0.768. The van der Waals surface area contributed by atoms with Gasteiger partial charge in [-0.3, -0.25) is 5.41 Å². The van der Waals surface area contributed by atoms with Gasteiger partial charge in [0.15, 0.2) is 11.6 Å². The number of ether oxygens (including phenoxy) is 1. The van der Waals surface area contributed by atoms with Crippen molar-refractivity contribution in [1.82, 2.24) is 0 Å². The minimum absolute atomic E-state index is 0.0531. The molecule has 2 rings (SSSR count). The predicted octanol–water partition coefficient (Wildman–Crippen LogP) is 3.35. The standard InChI is InChI=1S/C14H12F2N2O/c1-8-6-9(14(17)18)2-4-12(8)19-13-5-3-10(15)7-11(13)16/h2-7H,1H3,(H3,17,18). The van der Waals surface area contributed by atoms with Gasteiger partial charge < -0.3 is 10.5 Å². The number of nitrogens with one attached hydrogen (secondary N) is 1. The zero-order valence-corrected chi connectivity index (χ0v) is 10.2. The molecule has 0 amide bonds. The average Bonchev–Trinajstić information content (AvgIpc) is 2.34. The van der Waals surface area contributed by atoms with Crippen LogP contribution in [0.25, 0.3) is 0 Å². The molecule has 0 fully saturated rings. The highest BCUT2D eigenvalue weighted by Crippen LogP contribution is 2.28. The molecule has 0 spiro atoms. The lowest BCUT2D eigenvalue weighted by atomic mass is 10.1. The van der Waals surface area contributed by atoms with E-state index in [0.29, 0.717) is 16.9 Å². The second kappa shape index (κ2) is 5.06. The Labute approximate surface area is 109 Å². The fourth-order valence-electron chi connectivity index (χ4n) is 1.61. The SMILES string of the molecule is Cc1cc(C(=N)N)ccc1Oc1ccc(F)cc1F. The quantitative estimate of drug-likeness (QED) is 0.658. The number of nitrogens with two attached hydrogens (primary N) is 1. The van der Waals surface area contributed by atoms with Gasteiger partial charge in [0, 0.05) is 11.6 Å². The second-order valence-corrected chi connectivity index (χ2v) is 4.07. The third kappa shape index (κ3) is 2.88. The summed E-state index contributed by atoms with van der Waals surface area (Å²) in [5.41, 5.74) is 6.63. The molecule has 0 bridgehead atoms. The van der Waals surface area contributed by atoms with Crippen molar-refractivity contribution < 1.29 is 13.5 Å². The Bertz CT molecular complexity index is 641. The topological polar surface area (TPSA) is 59.1 Å². The van der Waals surface area contributed by atoms with E-state index in [1.807, 2.05) is 0 Å². The monoisotopic (exact) mass is 262 g/mol. The zero-order valence-electron chi connectivity index (χ0n) is 10.2. The Morgan fingerprint density at radius 1 is 1.11 bits per heavy atom. The average molecular weight is 262 g/mol. The van der Waals surface area contributed by atoms with Crippen LogP contribution in [-0.4, -0.2) is 5.84 Å². The number of hydrogen-bond acceptors (Lipinski definition) is 2. The van der Waals surface area contributed by atoms with Crippen molar-refractivity contribution in [2.45, 2.75) is 6.92 Å². The molecule has 0 aliphatic heterocycles. The van der Waals surface area contributed by atoms with E-state index in [2.05, 4.69) is 0 Å². The van der Waals surface area contributed by atoms with Crippen LogP contribution in [0.5, 0.6) is 11.5 Å². The normalized spacial score (nSPS) is 10.3. The molecule has 0 heterocycles. The Morgan fingerprint density at radius 2 is 1.79 bits per heavy atom. The molecule has 0 saturated carbocycles. The van der Waals surface area contributed by atoms with Gasteiger partial charge in [0.25, 0.3) is 0 Å². The Hall–Kier alpha value is -2.43. The van der Waals surface area contributed by atoms with Crippen LogP contribution in [0.2, 0.25) is 0 Å². The van der Waals surface area contributed by atoms with E-state index in [1.54, 1.807) is 25.1 Å². The first-order chi connectivity index (χ1) is 8.97. The smallest absolute Gasteiger partial charge is 0.168 e. The molecular weight excluding hydrogens is 250 g/mol. The number of benzene rings is 2. The number of hydrogen-bond donors (Lipinski definition) is 2. The summed E-state index contributed by atoms with van der Waals surface area (Å²) in [5.74, 6) is -1.11. The third-order valence-corrected chi connectivity index (χ3v) is 2.60. The summed E-state index contributed by atoms with van der Waals surface area (Å²) in [6.45, 7) is 1.75. The summed E-state index contributed by atoms with van der Waals surface area (Å²) < 4.78 is 31.6. The van der Waals surface area contributed by atoms with Crippen LogP contribution in [0.3, 0.4) is 0 Å². The number of amidine groups is 1. The Morgan fingerprint density at radius 3 is 2.37 bits per heavy atom. The number of nitrogen functional groups attached to an aromatic ring is 1. The highest BCUT2D eigenvalue weighted by molar-refractivity contribution is 5.95. The maximum Gasteiger partial charge on any atom is 0.168 e. The molecule has 0 aromatic heterocycles. The van der Waals surface area contributed by atoms with E-state index in [1.165, 1.54) is 6.07 Å². The second-order valence-electron chi connectivity index (χ2n) is 4.07. The van der Waals surface area contributed by atoms with Crippen molar-refractivity contribution >= 4 is 5.84 Å². The summed E-state index contributed by atoms with van der Waals surface area (Å²) >= 11 is 0. The van der Waals surface area contributed by atoms with Crippen molar-refractivity contribution in [3.8, 4) is 11.5 Å². The number of aryl methyl sites for hydroxylation is 1. The number of rotatable bonds is 3. The molecule has 5 heteroatoms. The van der Waals surface area contributed by atoms with Crippen LogP contribution in [-0.2, 0) is 0 Å². The Balaban J connectivity index is 2.31. The van der Waals surface area contributed by atoms with Crippen LogP contribution in [0, 0.1) is 24.0 Å². The largest absolute Gasteiger partial charge is 0.454 e. The maximum atomic E-state index is 13.5. The molecule has 3 N–H and O–H groups in total. The van der Waals surface area contributed by atoms with Crippen LogP contribution in [0.4, 0.5) is 8.78 Å². The van der Waals surface area contributed by atoms with Crippen molar-refractivity contribution in [3.05, 3.63) is 59.2 Å². The first-order valence-electron chi connectivity index (χ1n) is 5.55. The van der Waals surface area contributed by atoms with Crippen LogP contribution < -0.4 is 10.5 Å². The predicted molar refractivity (Wildman–Crippen MR) is 68.6 cm³/mol.